The summed E-state index contributed by atoms with van der Waals surface area (Å²) in [7, 11) is -1.66. The van der Waals surface area contributed by atoms with E-state index in [1.54, 1.807) is 0 Å². The molecule has 1 unspecified atom stereocenters. The van der Waals surface area contributed by atoms with Crippen molar-refractivity contribution in [3.05, 3.63) is 11.1 Å². The van der Waals surface area contributed by atoms with E-state index < -0.39 is 8.32 Å². The Labute approximate surface area is 111 Å². The Morgan fingerprint density at radius 3 is 2.00 bits per heavy atom. The average molecular weight is 307 g/mol. The van der Waals surface area contributed by atoms with Gasteiger partial charge in [0.1, 0.15) is 0 Å². The maximum absolute atomic E-state index is 6.42. The van der Waals surface area contributed by atoms with Gasteiger partial charge in [-0.1, -0.05) is 57.1 Å². The molecule has 0 aromatic carbocycles. The van der Waals surface area contributed by atoms with Gasteiger partial charge in [0, 0.05) is 6.42 Å². The first-order valence-corrected chi connectivity index (χ1v) is 9.68. The van der Waals surface area contributed by atoms with E-state index in [2.05, 4.69) is 70.2 Å². The van der Waals surface area contributed by atoms with Crippen LogP contribution in [0.1, 0.15) is 41.0 Å². The first kappa shape index (κ1) is 16.4. The van der Waals surface area contributed by atoms with E-state index in [-0.39, 0.29) is 11.1 Å². The summed E-state index contributed by atoms with van der Waals surface area (Å²) < 4.78 is 7.46. The van der Waals surface area contributed by atoms with Crippen LogP contribution in [0.4, 0.5) is 0 Å². The Balaban J connectivity index is 4.69. The molecule has 0 aliphatic carbocycles. The predicted molar refractivity (Wildman–Crippen MR) is 79.6 cm³/mol. The minimum Gasteiger partial charge on any atom is -0.413 e. The van der Waals surface area contributed by atoms with Crippen molar-refractivity contribution in [2.24, 2.45) is 5.92 Å². The van der Waals surface area contributed by atoms with Crippen molar-refractivity contribution in [1.82, 2.24) is 0 Å². The summed E-state index contributed by atoms with van der Waals surface area (Å²) >= 11 is 3.44. The monoisotopic (exact) mass is 306 g/mol. The highest BCUT2D eigenvalue weighted by atomic mass is 79.9. The number of hydrogen-bond donors (Lipinski definition) is 0. The van der Waals surface area contributed by atoms with Gasteiger partial charge in [-0.25, -0.2) is 0 Å². The highest BCUT2D eigenvalue weighted by Gasteiger charge is 2.39. The van der Waals surface area contributed by atoms with Gasteiger partial charge >= 0.3 is 0 Å². The molecule has 0 saturated heterocycles. The van der Waals surface area contributed by atoms with Crippen LogP contribution in [0, 0.1) is 5.92 Å². The van der Waals surface area contributed by atoms with Gasteiger partial charge in [-0.2, -0.15) is 0 Å². The molecule has 0 spiro atoms. The Bertz CT molecular complexity index is 241. The molecule has 0 aliphatic rings. The molecule has 1 nitrogen and oxygen atoms in total. The van der Waals surface area contributed by atoms with E-state index in [4.69, 9.17) is 4.43 Å². The summed E-state index contributed by atoms with van der Waals surface area (Å²) in [5.74, 6) is 0.531. The third-order valence-electron chi connectivity index (χ3n) is 3.42. The van der Waals surface area contributed by atoms with Crippen molar-refractivity contribution in [2.45, 2.75) is 65.3 Å². The van der Waals surface area contributed by atoms with Crippen LogP contribution in [0.25, 0.3) is 0 Å². The summed E-state index contributed by atoms with van der Waals surface area (Å²) in [6.45, 7) is 19.8. The lowest BCUT2D eigenvalue weighted by molar-refractivity contribution is 0.136. The number of rotatable bonds is 5. The van der Waals surface area contributed by atoms with Crippen molar-refractivity contribution in [3.63, 3.8) is 0 Å². The van der Waals surface area contributed by atoms with Crippen LogP contribution in [0.5, 0.6) is 0 Å². The van der Waals surface area contributed by atoms with Gasteiger partial charge in [-0.15, -0.1) is 0 Å². The first-order valence-electron chi connectivity index (χ1n) is 5.98. The van der Waals surface area contributed by atoms with Crippen LogP contribution in [-0.4, -0.2) is 14.4 Å². The Kier molecular flexibility index (Phi) is 5.97. The van der Waals surface area contributed by atoms with Crippen molar-refractivity contribution >= 4 is 24.2 Å². The molecule has 16 heavy (non-hydrogen) atoms. The van der Waals surface area contributed by atoms with Gasteiger partial charge in [0.15, 0.2) is 8.32 Å². The van der Waals surface area contributed by atoms with Crippen molar-refractivity contribution in [1.29, 1.82) is 0 Å². The second kappa shape index (κ2) is 5.83. The molecular formula is C13H27BrOSi. The summed E-state index contributed by atoms with van der Waals surface area (Å²) in [5.41, 5.74) is 0. The van der Waals surface area contributed by atoms with Crippen LogP contribution in [-0.2, 0) is 4.43 Å². The van der Waals surface area contributed by atoms with E-state index >= 15 is 0 Å². The van der Waals surface area contributed by atoms with Crippen molar-refractivity contribution < 1.29 is 4.43 Å². The fourth-order valence-electron chi connectivity index (χ4n) is 1.19. The number of hydrogen-bond acceptors (Lipinski definition) is 1. The van der Waals surface area contributed by atoms with Gasteiger partial charge < -0.3 is 4.43 Å². The van der Waals surface area contributed by atoms with Gasteiger partial charge in [-0.3, -0.25) is 0 Å². The van der Waals surface area contributed by atoms with Crippen LogP contribution in [0.2, 0.25) is 18.1 Å². The van der Waals surface area contributed by atoms with Crippen LogP contribution >= 0.6 is 15.9 Å². The highest BCUT2D eigenvalue weighted by Crippen LogP contribution is 2.39. The molecule has 1 atom stereocenters. The van der Waals surface area contributed by atoms with E-state index in [0.717, 1.165) is 10.9 Å². The highest BCUT2D eigenvalue weighted by molar-refractivity contribution is 9.11. The van der Waals surface area contributed by atoms with Crippen molar-refractivity contribution in [3.8, 4) is 0 Å². The fraction of sp³-hybridized carbons (Fsp3) is 0.846. The van der Waals surface area contributed by atoms with Gasteiger partial charge in [-0.05, 0) is 28.5 Å². The fourth-order valence-corrected chi connectivity index (χ4v) is 2.97. The third-order valence-corrected chi connectivity index (χ3v) is 8.25. The molecule has 0 N–H and O–H groups in total. The maximum atomic E-state index is 6.42. The quantitative estimate of drug-likeness (QED) is 0.624. The molecule has 0 bridgehead atoms. The molecule has 0 aromatic rings. The number of halogens is 1. The smallest absolute Gasteiger partial charge is 0.192 e. The predicted octanol–water partition coefficient (Wildman–Crippen LogP) is 5.33. The minimum absolute atomic E-state index is 0.272. The zero-order chi connectivity index (χ0) is 13.1. The van der Waals surface area contributed by atoms with Crippen molar-refractivity contribution in [2.75, 3.05) is 0 Å². The molecule has 3 heteroatoms. The molecule has 96 valence electrons. The summed E-state index contributed by atoms with van der Waals surface area (Å²) in [6.07, 6.45) is 1.19. The molecule has 0 amide bonds. The second-order valence-corrected chi connectivity index (χ2v) is 12.3. The Morgan fingerprint density at radius 1 is 1.31 bits per heavy atom. The largest absolute Gasteiger partial charge is 0.413 e. The Hall–Kier alpha value is 0.397. The lowest BCUT2D eigenvalue weighted by Gasteiger charge is -2.40. The minimum atomic E-state index is -1.66. The standard InChI is InChI=1S/C13H27BrOSi/c1-10(2)12(9-11(3)14)15-16(7,8)13(4,5)6/h10,12H,3,9H2,1-2,4-8H3. The second-order valence-electron chi connectivity index (χ2n) is 6.38. The summed E-state index contributed by atoms with van der Waals surface area (Å²) in [6, 6.07) is 0. The van der Waals surface area contributed by atoms with Crippen LogP contribution in [0.3, 0.4) is 0 Å². The lowest BCUT2D eigenvalue weighted by atomic mass is 10.1. The van der Waals surface area contributed by atoms with Gasteiger partial charge in [0.25, 0.3) is 0 Å². The molecule has 0 aliphatic heterocycles. The molecule has 0 fully saturated rings. The van der Waals surface area contributed by atoms with E-state index in [1.165, 1.54) is 0 Å². The molecule has 0 radical (unpaired) electrons. The first-order chi connectivity index (χ1) is 6.97. The third kappa shape index (κ3) is 5.15. The maximum Gasteiger partial charge on any atom is 0.192 e. The zero-order valence-corrected chi connectivity index (χ0v) is 14.4. The molecule has 0 aromatic heterocycles. The van der Waals surface area contributed by atoms with Crippen LogP contribution < -0.4 is 0 Å². The Morgan fingerprint density at radius 2 is 1.75 bits per heavy atom. The van der Waals surface area contributed by atoms with E-state index in [0.29, 0.717) is 5.92 Å². The SMILES string of the molecule is C=C(Br)CC(O[Si](C)(C)C(C)(C)C)C(C)C. The van der Waals surface area contributed by atoms with Gasteiger partial charge in [0.05, 0.1) is 6.10 Å². The summed E-state index contributed by atoms with van der Waals surface area (Å²) in [5, 5.41) is 0.272. The lowest BCUT2D eigenvalue weighted by Crippen LogP contribution is -2.45. The van der Waals surface area contributed by atoms with Gasteiger partial charge in [0.2, 0.25) is 0 Å². The van der Waals surface area contributed by atoms with E-state index in [9.17, 15) is 0 Å². The topological polar surface area (TPSA) is 9.23 Å². The molecular weight excluding hydrogens is 280 g/mol. The normalized spacial score (nSPS) is 15.3. The molecule has 0 heterocycles. The average Bonchev–Trinajstić information content (AvgIpc) is 1.98. The molecule has 0 rings (SSSR count). The zero-order valence-electron chi connectivity index (χ0n) is 11.9. The molecule has 0 saturated carbocycles. The summed E-state index contributed by atoms with van der Waals surface area (Å²) in [4.78, 5) is 0. The van der Waals surface area contributed by atoms with E-state index in [1.807, 2.05) is 0 Å². The van der Waals surface area contributed by atoms with Crippen LogP contribution in [0.15, 0.2) is 11.1 Å².